The van der Waals surface area contributed by atoms with Crippen molar-refractivity contribution in [2.75, 3.05) is 0 Å². The van der Waals surface area contributed by atoms with E-state index in [9.17, 15) is 0 Å². The van der Waals surface area contributed by atoms with Gasteiger partial charge in [-0.1, -0.05) is 203 Å². The molecule has 3 heterocycles. The van der Waals surface area contributed by atoms with Gasteiger partial charge in [-0.15, -0.1) is 0 Å². The van der Waals surface area contributed by atoms with Crippen molar-refractivity contribution in [3.63, 3.8) is 0 Å². The Bertz CT molecular complexity index is 3550. The van der Waals surface area contributed by atoms with Gasteiger partial charge in [-0.25, -0.2) is 0 Å². The Morgan fingerprint density at radius 1 is 0.286 bits per heavy atom. The molecule has 4 heteroatoms. The van der Waals surface area contributed by atoms with Crippen molar-refractivity contribution in [1.29, 1.82) is 0 Å². The van der Waals surface area contributed by atoms with Crippen molar-refractivity contribution in [3.05, 3.63) is 234 Å². The van der Waals surface area contributed by atoms with Crippen molar-refractivity contribution in [2.45, 2.75) is 52.4 Å². The second-order valence-electron chi connectivity index (χ2n) is 20.2. The first-order valence-corrected chi connectivity index (χ1v) is 25.0. The Morgan fingerprint density at radius 2 is 0.643 bits per heavy atom. The van der Waals surface area contributed by atoms with E-state index in [1.807, 2.05) is 36.8 Å². The Morgan fingerprint density at radius 3 is 1.06 bits per heavy atom. The largest absolute Gasteiger partial charge is 0.256 e. The van der Waals surface area contributed by atoms with Gasteiger partial charge in [-0.3, -0.25) is 15.0 Å². The summed E-state index contributed by atoms with van der Waals surface area (Å²) < 4.78 is 1.03. The molecular formula is C66H54BrN3. The fourth-order valence-electron chi connectivity index (χ4n) is 10.7. The molecule has 7 aromatic carbocycles. The Labute approximate surface area is 421 Å². The van der Waals surface area contributed by atoms with E-state index in [-0.39, 0.29) is 16.2 Å². The third-order valence-corrected chi connectivity index (χ3v) is 16.3. The molecule has 0 atom stereocenters. The summed E-state index contributed by atoms with van der Waals surface area (Å²) in [7, 11) is 0. The molecule has 0 unspecified atom stereocenters. The van der Waals surface area contributed by atoms with Crippen LogP contribution in [-0.4, -0.2) is 15.0 Å². The maximum Gasteiger partial charge on any atom is 0.0702 e. The summed E-state index contributed by atoms with van der Waals surface area (Å²) >= 11 is 3.63. The Kier molecular flexibility index (Phi) is 11.4. The van der Waals surface area contributed by atoms with Crippen LogP contribution in [0.15, 0.2) is 223 Å². The summed E-state index contributed by atoms with van der Waals surface area (Å²) in [4.78, 5) is 15.1. The SMILES string of the molecule is CC1(C)c2ccc(-c3ccc(-c4ccccc4-c4cc(-c5ccccc5-c5ccc(-c6ccccc6)nc5)cc(-c5ccccc5-c5ccc(-c6cccc(Br)c6)nc5)c4)cn3)cc2C(C)(C)C1(C)C. The summed E-state index contributed by atoms with van der Waals surface area (Å²) in [6, 6.07) is 71.8. The predicted molar refractivity (Wildman–Crippen MR) is 296 cm³/mol. The number of hydrogen-bond donors (Lipinski definition) is 0. The molecule has 3 aromatic heterocycles. The molecule has 0 saturated heterocycles. The minimum absolute atomic E-state index is 0.0146. The number of rotatable bonds is 9. The first kappa shape index (κ1) is 44.9. The average molecular weight is 969 g/mol. The maximum absolute atomic E-state index is 5.17. The van der Waals surface area contributed by atoms with E-state index in [0.717, 1.165) is 105 Å². The highest BCUT2D eigenvalue weighted by molar-refractivity contribution is 9.10. The third-order valence-electron chi connectivity index (χ3n) is 15.8. The fraction of sp³-hybridized carbons (Fsp3) is 0.136. The highest BCUT2D eigenvalue weighted by Crippen LogP contribution is 2.61. The minimum Gasteiger partial charge on any atom is -0.256 e. The number of hydrogen-bond acceptors (Lipinski definition) is 3. The van der Waals surface area contributed by atoms with Crippen LogP contribution in [0, 0.1) is 5.41 Å². The van der Waals surface area contributed by atoms with Crippen LogP contribution in [-0.2, 0) is 10.8 Å². The van der Waals surface area contributed by atoms with E-state index in [4.69, 9.17) is 15.0 Å². The van der Waals surface area contributed by atoms with Gasteiger partial charge in [0.1, 0.15) is 0 Å². The molecule has 0 N–H and O–H groups in total. The zero-order chi connectivity index (χ0) is 48.2. The van der Waals surface area contributed by atoms with Gasteiger partial charge in [-0.05, 0) is 132 Å². The molecule has 70 heavy (non-hydrogen) atoms. The van der Waals surface area contributed by atoms with Crippen LogP contribution in [0.25, 0.3) is 101 Å². The summed E-state index contributed by atoms with van der Waals surface area (Å²) in [5.41, 5.74) is 22.5. The Balaban J connectivity index is 1.02. The van der Waals surface area contributed by atoms with E-state index in [1.54, 1.807) is 0 Å². The second-order valence-corrected chi connectivity index (χ2v) is 21.2. The molecule has 0 saturated carbocycles. The minimum atomic E-state index is 0.0146. The van der Waals surface area contributed by atoms with Crippen LogP contribution in [0.4, 0.5) is 0 Å². The van der Waals surface area contributed by atoms with Crippen LogP contribution in [0.1, 0.15) is 52.7 Å². The molecule has 0 bridgehead atoms. The molecule has 0 amide bonds. The van der Waals surface area contributed by atoms with Crippen molar-refractivity contribution in [1.82, 2.24) is 15.0 Å². The molecule has 0 fully saturated rings. The molecule has 1 aliphatic carbocycles. The Hall–Kier alpha value is -7.53. The molecule has 0 spiro atoms. The summed E-state index contributed by atoms with van der Waals surface area (Å²) in [6.45, 7) is 14.4. The predicted octanol–water partition coefficient (Wildman–Crippen LogP) is 18.2. The smallest absolute Gasteiger partial charge is 0.0702 e. The van der Waals surface area contributed by atoms with Crippen LogP contribution in [0.5, 0.6) is 0 Å². The third kappa shape index (κ3) is 7.91. The van der Waals surface area contributed by atoms with Crippen LogP contribution in [0.3, 0.4) is 0 Å². The van der Waals surface area contributed by atoms with Crippen LogP contribution < -0.4 is 0 Å². The maximum atomic E-state index is 5.17. The van der Waals surface area contributed by atoms with E-state index in [0.29, 0.717) is 0 Å². The molecule has 10 aromatic rings. The number of halogens is 1. The lowest BCUT2D eigenvalue weighted by atomic mass is 9.59. The lowest BCUT2D eigenvalue weighted by molar-refractivity contribution is 0.125. The van der Waals surface area contributed by atoms with Crippen molar-refractivity contribution >= 4 is 15.9 Å². The summed E-state index contributed by atoms with van der Waals surface area (Å²) in [5.74, 6) is 0. The molecular weight excluding hydrogens is 915 g/mol. The number of pyridine rings is 3. The van der Waals surface area contributed by atoms with E-state index < -0.39 is 0 Å². The average Bonchev–Trinajstić information content (AvgIpc) is 3.51. The van der Waals surface area contributed by atoms with Gasteiger partial charge >= 0.3 is 0 Å². The van der Waals surface area contributed by atoms with E-state index in [1.165, 1.54) is 11.1 Å². The van der Waals surface area contributed by atoms with Crippen molar-refractivity contribution in [3.8, 4) is 101 Å². The van der Waals surface area contributed by atoms with Gasteiger partial charge in [0, 0.05) is 56.4 Å². The number of fused-ring (bicyclic) bond motifs is 1. The van der Waals surface area contributed by atoms with E-state index in [2.05, 4.69) is 239 Å². The first-order valence-electron chi connectivity index (χ1n) is 24.2. The highest BCUT2D eigenvalue weighted by Gasteiger charge is 2.56. The number of benzene rings is 7. The van der Waals surface area contributed by atoms with Crippen LogP contribution in [0.2, 0.25) is 0 Å². The molecule has 340 valence electrons. The second kappa shape index (κ2) is 17.8. The lowest BCUT2D eigenvalue weighted by Gasteiger charge is -2.44. The first-order chi connectivity index (χ1) is 33.9. The summed E-state index contributed by atoms with van der Waals surface area (Å²) in [5, 5.41) is 0. The number of aromatic nitrogens is 3. The number of nitrogens with zero attached hydrogens (tertiary/aromatic N) is 3. The lowest BCUT2D eigenvalue weighted by Crippen LogP contribution is -2.42. The van der Waals surface area contributed by atoms with Gasteiger partial charge in [0.15, 0.2) is 0 Å². The molecule has 0 aliphatic heterocycles. The van der Waals surface area contributed by atoms with Gasteiger partial charge < -0.3 is 0 Å². The molecule has 3 nitrogen and oxygen atoms in total. The topological polar surface area (TPSA) is 38.7 Å². The quantitative estimate of drug-likeness (QED) is 0.145. The zero-order valence-electron chi connectivity index (χ0n) is 40.5. The van der Waals surface area contributed by atoms with Gasteiger partial charge in [0.2, 0.25) is 0 Å². The highest BCUT2D eigenvalue weighted by atomic mass is 79.9. The van der Waals surface area contributed by atoms with Gasteiger partial charge in [0.05, 0.1) is 17.1 Å². The monoisotopic (exact) mass is 967 g/mol. The molecule has 11 rings (SSSR count). The standard InChI is InChI=1S/C66H54BrN3/c1-64(2)59-31-27-45(39-60(59)65(3,4)66(64,5)6)63-34-30-48(42-70-63)55-23-12-15-26-58(55)51-36-49(56-24-13-10-21-53(56)46-28-32-61(68-40-46)43-17-8-7-9-18-43)35-50(37-51)57-25-14-11-22-54(57)47-29-33-62(69-41-47)44-19-16-20-52(67)38-44/h7-42H,1-6H3. The van der Waals surface area contributed by atoms with Crippen molar-refractivity contribution < 1.29 is 0 Å². The summed E-state index contributed by atoms with van der Waals surface area (Å²) in [6.07, 6.45) is 6.05. The van der Waals surface area contributed by atoms with Crippen LogP contribution >= 0.6 is 15.9 Å². The van der Waals surface area contributed by atoms with Crippen molar-refractivity contribution in [2.24, 2.45) is 5.41 Å². The van der Waals surface area contributed by atoms with Gasteiger partial charge in [0.25, 0.3) is 0 Å². The van der Waals surface area contributed by atoms with E-state index >= 15 is 0 Å². The molecule has 0 radical (unpaired) electrons. The normalized spacial score (nSPS) is 14.3. The fourth-order valence-corrected chi connectivity index (χ4v) is 11.1. The molecule has 1 aliphatic rings. The zero-order valence-corrected chi connectivity index (χ0v) is 42.1. The van der Waals surface area contributed by atoms with Gasteiger partial charge in [-0.2, -0.15) is 0 Å².